The molecule has 11 aromatic carbocycles. The number of H-pyrrole nitrogens is 1. The van der Waals surface area contributed by atoms with Crippen LogP contribution in [0.3, 0.4) is 0 Å². The van der Waals surface area contributed by atoms with Gasteiger partial charge in [-0.3, -0.25) is 0 Å². The Morgan fingerprint density at radius 3 is 1.19 bits per heavy atom. The van der Waals surface area contributed by atoms with Crippen LogP contribution in [0.2, 0.25) is 0 Å². The first-order chi connectivity index (χ1) is 43.7. The number of rotatable bonds is 2. The number of halogens is 2. The number of furan rings is 4. The summed E-state index contributed by atoms with van der Waals surface area (Å²) in [5.41, 5.74) is 27.8. The van der Waals surface area contributed by atoms with Crippen LogP contribution in [-0.2, 0) is 0 Å². The second kappa shape index (κ2) is 21.4. The number of fused-ring (bicyclic) bond motifs is 21. The van der Waals surface area contributed by atoms with Crippen LogP contribution in [0, 0.1) is 6.08 Å². The molecule has 0 radical (unpaired) electrons. The van der Waals surface area contributed by atoms with Crippen molar-refractivity contribution in [3.63, 3.8) is 0 Å². The molecule has 9 nitrogen and oxygen atoms in total. The lowest BCUT2D eigenvalue weighted by Gasteiger charge is -2.24. The smallest absolute Gasteiger partial charge is 0.250 e. The van der Waals surface area contributed by atoms with E-state index >= 15 is 0 Å². The van der Waals surface area contributed by atoms with Crippen LogP contribution >= 0.6 is 31.9 Å². The molecule has 428 valence electrons. The minimum absolute atomic E-state index is 0.281. The maximum atomic E-state index is 6.49. The van der Waals surface area contributed by atoms with Gasteiger partial charge in [0.2, 0.25) is 5.76 Å². The summed E-state index contributed by atoms with van der Waals surface area (Å²) in [7, 11) is 0. The summed E-state index contributed by atoms with van der Waals surface area (Å²) in [5, 5.41) is 15.0. The van der Waals surface area contributed by atoms with E-state index in [1.165, 1.54) is 78.3 Å². The fourth-order valence-electron chi connectivity index (χ4n) is 13.6. The minimum atomic E-state index is 0.281. The van der Waals surface area contributed by atoms with Gasteiger partial charge in [-0.1, -0.05) is 138 Å². The topological polar surface area (TPSA) is 130 Å². The summed E-state index contributed by atoms with van der Waals surface area (Å²) in [6, 6.07) is 79.1. The summed E-state index contributed by atoms with van der Waals surface area (Å²) >= 11 is 6.98. The highest BCUT2D eigenvalue weighted by Gasteiger charge is 2.25. The van der Waals surface area contributed by atoms with Crippen LogP contribution < -0.4 is 11.5 Å². The van der Waals surface area contributed by atoms with Gasteiger partial charge in [0.1, 0.15) is 45.1 Å². The molecule has 0 bridgehead atoms. The Kier molecular flexibility index (Phi) is 12.8. The monoisotopic (exact) mass is 1280 g/mol. The van der Waals surface area contributed by atoms with Crippen molar-refractivity contribution in [2.24, 2.45) is 11.5 Å². The molecule has 0 saturated heterocycles. The van der Waals surface area contributed by atoms with E-state index in [-0.39, 0.29) is 12.1 Å². The minimum Gasteiger partial charge on any atom is -0.456 e. The van der Waals surface area contributed by atoms with Gasteiger partial charge in [0.25, 0.3) is 0 Å². The summed E-state index contributed by atoms with van der Waals surface area (Å²) < 4.78 is 31.6. The first-order valence-corrected chi connectivity index (χ1v) is 31.6. The number of allylic oxidation sites excluding steroid dienone is 2. The van der Waals surface area contributed by atoms with Crippen LogP contribution in [0.25, 0.3) is 166 Å². The predicted molar refractivity (Wildman–Crippen MR) is 376 cm³/mol. The molecule has 89 heavy (non-hydrogen) atoms. The number of benzene rings is 11. The van der Waals surface area contributed by atoms with E-state index in [0.717, 1.165) is 121 Å². The van der Waals surface area contributed by atoms with Crippen molar-refractivity contribution < 1.29 is 17.7 Å². The van der Waals surface area contributed by atoms with Gasteiger partial charge in [-0.25, -0.2) is 0 Å². The van der Waals surface area contributed by atoms with E-state index in [9.17, 15) is 0 Å². The summed E-state index contributed by atoms with van der Waals surface area (Å²) in [6.07, 6.45) is 11.8. The number of aromatic amines is 1. The fraction of sp³-hybridized carbons (Fsp3) is 0.0769. The third kappa shape index (κ3) is 9.07. The van der Waals surface area contributed by atoms with Crippen molar-refractivity contribution in [2.45, 2.75) is 37.8 Å². The molecule has 0 spiro atoms. The Hall–Kier alpha value is -9.97. The number of para-hydroxylation sites is 6. The molecule has 0 aliphatic heterocycles. The standard InChI is InChI=1S/C42H24N2O2.C18H7Br2O2.C12H9N.C6H14N2/c1-5-13-35-27(9-1)28-10-2-6-14-36(28)43(35)25-17-19-39-31(21-25)33-23-42-34(24-41(33)45-39)32-22-26(18-20-40(32)46-42)44-37-15-7-3-11-29(37)30-12-4-8-16-38(30)44;19-9-1-3-15-11(5-9)13-7-18-14(8-17(13)21-15)12-6-10(20)2-4-16(12)22-18;1-3-7-11-9(5-1)10-6-2-4-8-12(10)13-11;7-5-3-1-2-4-6(5)8/h1-24H;1,3-8H;1-8,13H;5-6H,1-4,7-8H2/q;+1;;/t;;;5-,6-/m...1/s1. The lowest BCUT2D eigenvalue weighted by molar-refractivity contribution is 0.385. The van der Waals surface area contributed by atoms with Crippen LogP contribution in [0.1, 0.15) is 37.0 Å². The third-order valence-corrected chi connectivity index (χ3v) is 18.9. The molecule has 1 fully saturated rings. The first kappa shape index (κ1) is 53.3. The van der Waals surface area contributed by atoms with Gasteiger partial charge in [0.15, 0.2) is 10.1 Å². The summed E-state index contributed by atoms with van der Waals surface area (Å²) in [6.45, 7) is 0. The van der Waals surface area contributed by atoms with Gasteiger partial charge in [-0.05, 0) is 144 Å². The van der Waals surface area contributed by atoms with Crippen molar-refractivity contribution in [3.05, 3.63) is 251 Å². The Balaban J connectivity index is 0.000000116. The van der Waals surface area contributed by atoms with Crippen molar-refractivity contribution in [1.29, 1.82) is 0 Å². The Bertz CT molecular complexity index is 5550. The molecule has 2 aliphatic carbocycles. The lowest BCUT2D eigenvalue weighted by Crippen LogP contribution is -2.43. The highest BCUT2D eigenvalue weighted by molar-refractivity contribution is 9.12. The molecule has 2 atom stereocenters. The predicted octanol–water partition coefficient (Wildman–Crippen LogP) is 21.9. The highest BCUT2D eigenvalue weighted by atomic mass is 79.9. The zero-order valence-corrected chi connectivity index (χ0v) is 51.1. The molecule has 1 saturated carbocycles. The molecular formula is C78H54Br2N5O4+. The number of hydrogen-bond donors (Lipinski definition) is 3. The Morgan fingerprint density at radius 1 is 0.371 bits per heavy atom. The fourth-order valence-corrected chi connectivity index (χ4v) is 14.3. The number of hydrogen-bond acceptors (Lipinski definition) is 6. The van der Waals surface area contributed by atoms with Crippen LogP contribution in [0.5, 0.6) is 0 Å². The van der Waals surface area contributed by atoms with Gasteiger partial charge in [-0.15, -0.1) is 0 Å². The van der Waals surface area contributed by atoms with Crippen molar-refractivity contribution >= 4 is 186 Å². The highest BCUT2D eigenvalue weighted by Crippen LogP contribution is 2.43. The van der Waals surface area contributed by atoms with Crippen LogP contribution in [0.15, 0.2) is 251 Å². The zero-order chi connectivity index (χ0) is 59.4. The van der Waals surface area contributed by atoms with Gasteiger partial charge in [0, 0.05) is 104 Å². The summed E-state index contributed by atoms with van der Waals surface area (Å²) in [4.78, 5) is 3.38. The summed E-state index contributed by atoms with van der Waals surface area (Å²) in [5.74, 6) is 0.830. The molecule has 7 aromatic heterocycles. The molecule has 2 aliphatic rings. The second-order valence-electron chi connectivity index (χ2n) is 23.2. The van der Waals surface area contributed by atoms with Gasteiger partial charge >= 0.3 is 0 Å². The molecule has 7 heterocycles. The first-order valence-electron chi connectivity index (χ1n) is 30.1. The normalized spacial score (nSPS) is 14.9. The molecule has 18 aromatic rings. The third-order valence-electron chi connectivity index (χ3n) is 17.9. The van der Waals surface area contributed by atoms with Crippen molar-refractivity contribution in [2.75, 3.05) is 0 Å². The van der Waals surface area contributed by atoms with E-state index in [2.05, 4.69) is 264 Å². The number of nitrogens with zero attached hydrogens (tertiary/aromatic N) is 2. The molecule has 5 N–H and O–H groups in total. The van der Waals surface area contributed by atoms with Gasteiger partial charge in [-0.2, -0.15) is 0 Å². The van der Waals surface area contributed by atoms with E-state index in [1.807, 2.05) is 24.3 Å². The van der Waals surface area contributed by atoms with E-state index in [0.29, 0.717) is 0 Å². The second-order valence-corrected chi connectivity index (χ2v) is 25.0. The maximum Gasteiger partial charge on any atom is 0.250 e. The van der Waals surface area contributed by atoms with Crippen molar-refractivity contribution in [3.8, 4) is 11.4 Å². The Labute approximate surface area is 525 Å². The molecule has 20 rings (SSSR count). The van der Waals surface area contributed by atoms with Crippen LogP contribution in [-0.4, -0.2) is 26.2 Å². The number of aromatic nitrogens is 3. The van der Waals surface area contributed by atoms with Gasteiger partial charge < -0.3 is 43.3 Å². The molecule has 0 unspecified atom stereocenters. The largest absolute Gasteiger partial charge is 0.456 e. The van der Waals surface area contributed by atoms with E-state index < -0.39 is 0 Å². The molecule has 11 heteroatoms. The Morgan fingerprint density at radius 2 is 0.742 bits per heavy atom. The molecular weight excluding hydrogens is 1230 g/mol. The number of nitrogens with one attached hydrogen (secondary N) is 1. The van der Waals surface area contributed by atoms with Crippen molar-refractivity contribution in [1.82, 2.24) is 14.1 Å². The number of nitrogens with two attached hydrogens (primary N) is 2. The average Bonchev–Trinajstić information content (AvgIpc) is 1.86. The van der Waals surface area contributed by atoms with Crippen LogP contribution in [0.4, 0.5) is 0 Å². The van der Waals surface area contributed by atoms with E-state index in [1.54, 1.807) is 0 Å². The quantitative estimate of drug-likeness (QED) is 0.148. The maximum absolute atomic E-state index is 6.49. The SMILES string of the molecule is BrC1=Cc2c(oc3cc4c(cc23)oc2ccc(Br)cc24)C=[C+]1.N[C@@H]1CCCC[C@H]1N.c1ccc2c(c1)[nH]c1ccccc12.c1ccc2c(c1)c1ccccc1n2-c1ccc2oc3cc4c(cc3c2c1)oc1ccc(-n2c3ccccc3c3ccccc32)cc14. The van der Waals surface area contributed by atoms with Gasteiger partial charge in [0.05, 0.1) is 39.6 Å². The van der Waals surface area contributed by atoms with E-state index in [4.69, 9.17) is 29.1 Å². The lowest BCUT2D eigenvalue weighted by atomic mass is 9.92. The molecule has 0 amide bonds. The average molecular weight is 1290 g/mol. The zero-order valence-electron chi connectivity index (χ0n) is 47.9.